The second-order valence-electron chi connectivity index (χ2n) is 6.15. The summed E-state index contributed by atoms with van der Waals surface area (Å²) in [5.41, 5.74) is 3.36. The number of carbonyl (C=O) groups excluding carboxylic acids is 1. The van der Waals surface area contributed by atoms with Crippen LogP contribution in [0.4, 0.5) is 0 Å². The number of aliphatic imine (C=N–C) groups is 1. The predicted molar refractivity (Wildman–Crippen MR) is 85.9 cm³/mol. The molecule has 0 radical (unpaired) electrons. The summed E-state index contributed by atoms with van der Waals surface area (Å²) in [5, 5.41) is 9.59. The van der Waals surface area contributed by atoms with Crippen LogP contribution >= 0.6 is 0 Å². The van der Waals surface area contributed by atoms with Gasteiger partial charge in [-0.3, -0.25) is 9.79 Å². The highest BCUT2D eigenvalue weighted by atomic mass is 16.2. The first kappa shape index (κ1) is 14.5. The summed E-state index contributed by atoms with van der Waals surface area (Å²) >= 11 is 0. The lowest BCUT2D eigenvalue weighted by molar-refractivity contribution is -0.126. The van der Waals surface area contributed by atoms with Crippen molar-refractivity contribution in [1.82, 2.24) is 4.90 Å². The summed E-state index contributed by atoms with van der Waals surface area (Å²) in [6, 6.07) is 11.9. The third-order valence-electron chi connectivity index (χ3n) is 4.45. The first-order valence-electron chi connectivity index (χ1n) is 7.58. The van der Waals surface area contributed by atoms with E-state index in [-0.39, 0.29) is 18.0 Å². The molecule has 3 rings (SSSR count). The number of rotatable bonds is 2. The van der Waals surface area contributed by atoms with Gasteiger partial charge in [-0.1, -0.05) is 44.2 Å². The summed E-state index contributed by atoms with van der Waals surface area (Å²) < 4.78 is 0. The molecule has 0 N–H and O–H groups in total. The van der Waals surface area contributed by atoms with Crippen LogP contribution in [0.15, 0.2) is 40.9 Å². The molecule has 2 heterocycles. The molecule has 1 aromatic carbocycles. The Hall–Kier alpha value is -2.41. The van der Waals surface area contributed by atoms with E-state index >= 15 is 0 Å². The van der Waals surface area contributed by atoms with Crippen LogP contribution in [0.25, 0.3) is 5.57 Å². The number of hydrogen-bond acceptors (Lipinski definition) is 3. The highest BCUT2D eigenvalue weighted by molar-refractivity contribution is 6.22. The van der Waals surface area contributed by atoms with Gasteiger partial charge >= 0.3 is 0 Å². The summed E-state index contributed by atoms with van der Waals surface area (Å²) in [6.07, 6.45) is -0.359. The van der Waals surface area contributed by atoms with Crippen molar-refractivity contribution in [2.45, 2.75) is 26.9 Å². The van der Waals surface area contributed by atoms with Crippen LogP contribution in [-0.2, 0) is 4.79 Å². The van der Waals surface area contributed by atoms with Crippen molar-refractivity contribution in [3.63, 3.8) is 0 Å². The van der Waals surface area contributed by atoms with Crippen molar-refractivity contribution >= 4 is 17.2 Å². The van der Waals surface area contributed by atoms with Crippen LogP contribution in [0.1, 0.15) is 26.3 Å². The number of amides is 1. The average molecular weight is 293 g/mol. The lowest BCUT2D eigenvalue weighted by Gasteiger charge is -2.34. The molecule has 0 bridgehead atoms. The molecule has 4 nitrogen and oxygen atoms in total. The molecule has 2 unspecified atom stereocenters. The molecule has 112 valence electrons. The minimum atomic E-state index is -0.371. The fourth-order valence-electron chi connectivity index (χ4n) is 3.14. The van der Waals surface area contributed by atoms with Crippen molar-refractivity contribution in [2.75, 3.05) is 6.54 Å². The van der Waals surface area contributed by atoms with E-state index in [0.717, 1.165) is 16.8 Å². The fourth-order valence-corrected chi connectivity index (χ4v) is 3.14. The molecule has 2 atom stereocenters. The van der Waals surface area contributed by atoms with E-state index in [0.29, 0.717) is 18.0 Å². The molecule has 22 heavy (non-hydrogen) atoms. The molecular formula is C18H19N3O. The van der Waals surface area contributed by atoms with Crippen molar-refractivity contribution < 1.29 is 4.79 Å². The quantitative estimate of drug-likeness (QED) is 0.842. The zero-order chi connectivity index (χ0) is 15.9. The van der Waals surface area contributed by atoms with E-state index in [1.54, 1.807) is 4.90 Å². The normalized spacial score (nSPS) is 24.4. The zero-order valence-corrected chi connectivity index (χ0v) is 13.1. The van der Waals surface area contributed by atoms with Gasteiger partial charge in [-0.15, -0.1) is 0 Å². The van der Waals surface area contributed by atoms with Crippen LogP contribution < -0.4 is 0 Å². The Kier molecular flexibility index (Phi) is 3.58. The molecule has 0 aromatic heterocycles. The topological polar surface area (TPSA) is 56.5 Å². The van der Waals surface area contributed by atoms with Gasteiger partial charge in [0, 0.05) is 11.3 Å². The second-order valence-corrected chi connectivity index (χ2v) is 6.15. The van der Waals surface area contributed by atoms with Gasteiger partial charge in [0.1, 0.15) is 12.1 Å². The van der Waals surface area contributed by atoms with Gasteiger partial charge in [0.05, 0.1) is 12.6 Å². The Morgan fingerprint density at radius 1 is 1.32 bits per heavy atom. The predicted octanol–water partition coefficient (Wildman–Crippen LogP) is 2.88. The summed E-state index contributed by atoms with van der Waals surface area (Å²) in [7, 11) is 0. The number of fused-ring (bicyclic) bond motifs is 1. The molecule has 2 aliphatic heterocycles. The third kappa shape index (κ3) is 2.14. The number of benzene rings is 1. The SMILES string of the molecule is CC1=C(c2ccccc2)C(=O)N2CC(C(C)C)=NC2C1C#N. The van der Waals surface area contributed by atoms with Gasteiger partial charge in [0.15, 0.2) is 0 Å². The highest BCUT2D eigenvalue weighted by Gasteiger charge is 2.44. The maximum Gasteiger partial charge on any atom is 0.256 e. The molecule has 2 aliphatic rings. The molecular weight excluding hydrogens is 274 g/mol. The van der Waals surface area contributed by atoms with Crippen LogP contribution in [-0.4, -0.2) is 29.2 Å². The largest absolute Gasteiger partial charge is 0.309 e. The minimum absolute atomic E-state index is 0.0143. The first-order valence-corrected chi connectivity index (χ1v) is 7.58. The van der Waals surface area contributed by atoms with E-state index in [1.807, 2.05) is 37.3 Å². The monoisotopic (exact) mass is 293 g/mol. The number of carbonyl (C=O) groups is 1. The van der Waals surface area contributed by atoms with Crippen molar-refractivity contribution in [1.29, 1.82) is 5.26 Å². The molecule has 0 saturated heterocycles. The lowest BCUT2D eigenvalue weighted by Crippen LogP contribution is -2.45. The molecule has 0 fully saturated rings. The Morgan fingerprint density at radius 2 is 2.00 bits per heavy atom. The Morgan fingerprint density at radius 3 is 2.59 bits per heavy atom. The molecule has 1 aromatic rings. The summed E-state index contributed by atoms with van der Waals surface area (Å²) in [6.45, 7) is 6.56. The Labute approximate surface area is 130 Å². The summed E-state index contributed by atoms with van der Waals surface area (Å²) in [4.78, 5) is 19.3. The number of nitriles is 1. The lowest BCUT2D eigenvalue weighted by atomic mass is 9.86. The maximum absolute atomic E-state index is 12.9. The fraction of sp³-hybridized carbons (Fsp3) is 0.389. The van der Waals surface area contributed by atoms with E-state index in [2.05, 4.69) is 24.9 Å². The van der Waals surface area contributed by atoms with Crippen LogP contribution in [0.5, 0.6) is 0 Å². The van der Waals surface area contributed by atoms with Gasteiger partial charge in [0.2, 0.25) is 0 Å². The maximum atomic E-state index is 12.9. The van der Waals surface area contributed by atoms with Crippen molar-refractivity contribution in [3.05, 3.63) is 41.5 Å². The third-order valence-corrected chi connectivity index (χ3v) is 4.45. The standard InChI is InChI=1S/C18H19N3O/c1-11(2)15-10-21-17(20-15)14(9-19)12(3)16(18(21)22)13-7-5-4-6-8-13/h4-8,11,14,17H,10H2,1-3H3. The van der Waals surface area contributed by atoms with Crippen LogP contribution in [0, 0.1) is 23.2 Å². The Bertz CT molecular complexity index is 710. The highest BCUT2D eigenvalue weighted by Crippen LogP contribution is 2.37. The smallest absolute Gasteiger partial charge is 0.256 e. The second kappa shape index (κ2) is 5.42. The van der Waals surface area contributed by atoms with Gasteiger partial charge in [0.25, 0.3) is 5.91 Å². The van der Waals surface area contributed by atoms with E-state index in [4.69, 9.17) is 0 Å². The van der Waals surface area contributed by atoms with Crippen LogP contribution in [0.3, 0.4) is 0 Å². The molecule has 1 amide bonds. The van der Waals surface area contributed by atoms with E-state index in [9.17, 15) is 10.1 Å². The Balaban J connectivity index is 2.08. The molecule has 0 spiro atoms. The van der Waals surface area contributed by atoms with E-state index < -0.39 is 0 Å². The molecule has 0 saturated carbocycles. The molecule has 0 aliphatic carbocycles. The van der Waals surface area contributed by atoms with Gasteiger partial charge in [-0.05, 0) is 24.0 Å². The van der Waals surface area contributed by atoms with E-state index in [1.165, 1.54) is 0 Å². The summed E-state index contributed by atoms with van der Waals surface area (Å²) in [5.74, 6) is -0.0954. The van der Waals surface area contributed by atoms with Gasteiger partial charge < -0.3 is 4.90 Å². The van der Waals surface area contributed by atoms with Crippen molar-refractivity contribution in [2.24, 2.45) is 16.8 Å². The van der Waals surface area contributed by atoms with Crippen molar-refractivity contribution in [3.8, 4) is 6.07 Å². The number of nitrogens with zero attached hydrogens (tertiary/aromatic N) is 3. The first-order chi connectivity index (χ1) is 10.5. The van der Waals surface area contributed by atoms with Gasteiger partial charge in [-0.2, -0.15) is 5.26 Å². The van der Waals surface area contributed by atoms with Gasteiger partial charge in [-0.25, -0.2) is 0 Å². The zero-order valence-electron chi connectivity index (χ0n) is 13.1. The number of hydrogen-bond donors (Lipinski definition) is 0. The average Bonchev–Trinajstić information content (AvgIpc) is 2.94. The molecule has 4 heteroatoms. The minimum Gasteiger partial charge on any atom is -0.309 e. The van der Waals surface area contributed by atoms with Crippen LogP contribution in [0.2, 0.25) is 0 Å².